The third kappa shape index (κ3) is 2.53. The largest absolute Gasteiger partial charge is 0.323 e. The van der Waals surface area contributed by atoms with Crippen molar-refractivity contribution in [2.45, 2.75) is 18.9 Å². The van der Waals surface area contributed by atoms with Crippen molar-refractivity contribution < 1.29 is 0 Å². The van der Waals surface area contributed by atoms with E-state index in [0.717, 1.165) is 22.1 Å². The van der Waals surface area contributed by atoms with Gasteiger partial charge in [0.05, 0.1) is 4.34 Å². The van der Waals surface area contributed by atoms with Crippen LogP contribution in [0.3, 0.4) is 0 Å². The summed E-state index contributed by atoms with van der Waals surface area (Å²) in [7, 11) is 0. The van der Waals surface area contributed by atoms with E-state index in [1.165, 1.54) is 11.3 Å². The van der Waals surface area contributed by atoms with E-state index in [1.54, 1.807) is 0 Å². The normalized spacial score (nSPS) is 12.4. The molecule has 12 heavy (non-hydrogen) atoms. The molecule has 0 aliphatic carbocycles. The first-order chi connectivity index (χ1) is 5.74. The zero-order valence-corrected chi connectivity index (χ0v) is 8.16. The third-order valence-electron chi connectivity index (χ3n) is 1.56. The van der Waals surface area contributed by atoms with Crippen LogP contribution >= 0.6 is 22.9 Å². The monoisotopic (exact) mass is 199 g/mol. The van der Waals surface area contributed by atoms with Crippen LogP contribution in [0, 0.1) is 12.3 Å². The molecule has 0 saturated heterocycles. The highest BCUT2D eigenvalue weighted by molar-refractivity contribution is 7.16. The fourth-order valence-electron chi connectivity index (χ4n) is 0.909. The Morgan fingerprint density at radius 3 is 2.92 bits per heavy atom. The minimum absolute atomic E-state index is 0.0403. The molecular weight excluding hydrogens is 190 g/mol. The molecule has 0 bridgehead atoms. The number of hydrogen-bond donors (Lipinski definition) is 1. The molecule has 1 unspecified atom stereocenters. The Balaban J connectivity index is 2.54. The Bertz CT molecular complexity index is 287. The minimum atomic E-state index is 0.0403. The lowest BCUT2D eigenvalue weighted by atomic mass is 10.1. The minimum Gasteiger partial charge on any atom is -0.323 e. The molecule has 0 aromatic carbocycles. The van der Waals surface area contributed by atoms with Gasteiger partial charge in [0.2, 0.25) is 0 Å². The molecule has 1 atom stereocenters. The van der Waals surface area contributed by atoms with Crippen molar-refractivity contribution in [2.24, 2.45) is 5.73 Å². The molecule has 0 amide bonds. The van der Waals surface area contributed by atoms with Crippen molar-refractivity contribution in [3.63, 3.8) is 0 Å². The summed E-state index contributed by atoms with van der Waals surface area (Å²) >= 11 is 7.28. The Labute approximate surface area is 81.5 Å². The summed E-state index contributed by atoms with van der Waals surface area (Å²) in [6.07, 6.45) is 6.68. The van der Waals surface area contributed by atoms with Crippen LogP contribution in [0.15, 0.2) is 12.1 Å². The first-order valence-electron chi connectivity index (χ1n) is 3.68. The second kappa shape index (κ2) is 4.51. The summed E-state index contributed by atoms with van der Waals surface area (Å²) in [6.45, 7) is 0. The van der Waals surface area contributed by atoms with Crippen LogP contribution in [0.25, 0.3) is 0 Å². The van der Waals surface area contributed by atoms with Crippen LogP contribution in [0.2, 0.25) is 4.34 Å². The maximum Gasteiger partial charge on any atom is 0.0931 e. The lowest BCUT2D eigenvalue weighted by molar-refractivity contribution is 0.679. The summed E-state index contributed by atoms with van der Waals surface area (Å²) in [5.41, 5.74) is 5.85. The van der Waals surface area contributed by atoms with E-state index in [4.69, 9.17) is 23.8 Å². The highest BCUT2D eigenvalue weighted by Gasteiger charge is 2.06. The summed E-state index contributed by atoms with van der Waals surface area (Å²) in [5, 5.41) is 0. The van der Waals surface area contributed by atoms with Gasteiger partial charge >= 0.3 is 0 Å². The van der Waals surface area contributed by atoms with Gasteiger partial charge in [0.15, 0.2) is 0 Å². The quantitative estimate of drug-likeness (QED) is 0.745. The molecule has 1 aromatic rings. The number of rotatable bonds is 3. The van der Waals surface area contributed by atoms with Crippen LogP contribution in [0.4, 0.5) is 0 Å². The van der Waals surface area contributed by atoms with E-state index in [9.17, 15) is 0 Å². The van der Waals surface area contributed by atoms with Gasteiger partial charge in [0.1, 0.15) is 0 Å². The van der Waals surface area contributed by atoms with Crippen molar-refractivity contribution in [3.8, 4) is 12.3 Å². The molecule has 0 radical (unpaired) electrons. The molecule has 3 heteroatoms. The van der Waals surface area contributed by atoms with Crippen molar-refractivity contribution >= 4 is 22.9 Å². The van der Waals surface area contributed by atoms with Crippen LogP contribution < -0.4 is 5.73 Å². The number of terminal acetylenes is 1. The van der Waals surface area contributed by atoms with Crippen LogP contribution in [-0.4, -0.2) is 0 Å². The summed E-state index contributed by atoms with van der Waals surface area (Å²) in [4.78, 5) is 1.11. The average Bonchev–Trinajstić information content (AvgIpc) is 2.47. The molecule has 64 valence electrons. The number of hydrogen-bond acceptors (Lipinski definition) is 2. The fourth-order valence-corrected chi connectivity index (χ4v) is 2.01. The predicted octanol–water partition coefficient (Wildman–Crippen LogP) is 2.81. The van der Waals surface area contributed by atoms with Gasteiger partial charge in [-0.05, 0) is 18.6 Å². The lowest BCUT2D eigenvalue weighted by Crippen LogP contribution is -2.07. The molecular formula is C9H10ClNS. The molecule has 1 rings (SSSR count). The van der Waals surface area contributed by atoms with Gasteiger partial charge in [-0.15, -0.1) is 23.7 Å². The lowest BCUT2D eigenvalue weighted by Gasteiger charge is -2.05. The van der Waals surface area contributed by atoms with Crippen molar-refractivity contribution in [2.75, 3.05) is 0 Å². The van der Waals surface area contributed by atoms with Gasteiger partial charge in [0.25, 0.3) is 0 Å². The number of thiophene rings is 1. The summed E-state index contributed by atoms with van der Waals surface area (Å²) < 4.78 is 0.779. The smallest absolute Gasteiger partial charge is 0.0931 e. The maximum atomic E-state index is 5.85. The Hall–Kier alpha value is -0.490. The van der Waals surface area contributed by atoms with Gasteiger partial charge < -0.3 is 5.73 Å². The van der Waals surface area contributed by atoms with Crippen molar-refractivity contribution in [3.05, 3.63) is 21.3 Å². The SMILES string of the molecule is C#CCCC(N)c1ccc(Cl)s1. The molecule has 1 nitrogen and oxygen atoms in total. The van der Waals surface area contributed by atoms with E-state index in [2.05, 4.69) is 5.92 Å². The van der Waals surface area contributed by atoms with Crippen molar-refractivity contribution in [1.82, 2.24) is 0 Å². The molecule has 0 spiro atoms. The van der Waals surface area contributed by atoms with Gasteiger partial charge in [-0.1, -0.05) is 11.6 Å². The van der Waals surface area contributed by atoms with E-state index >= 15 is 0 Å². The topological polar surface area (TPSA) is 26.0 Å². The zero-order valence-electron chi connectivity index (χ0n) is 6.59. The van der Waals surface area contributed by atoms with E-state index < -0.39 is 0 Å². The molecule has 0 aliphatic heterocycles. The number of halogens is 1. The van der Waals surface area contributed by atoms with Crippen LogP contribution in [0.1, 0.15) is 23.8 Å². The highest BCUT2D eigenvalue weighted by atomic mass is 35.5. The Morgan fingerprint density at radius 2 is 2.42 bits per heavy atom. The molecule has 1 aromatic heterocycles. The van der Waals surface area contributed by atoms with Crippen LogP contribution in [-0.2, 0) is 0 Å². The second-order valence-electron chi connectivity index (χ2n) is 2.49. The molecule has 0 fully saturated rings. The van der Waals surface area contributed by atoms with E-state index in [1.807, 2.05) is 12.1 Å². The molecule has 1 heterocycles. The Kier molecular flexibility index (Phi) is 3.61. The third-order valence-corrected chi connectivity index (χ3v) is 2.92. The fraction of sp³-hybridized carbons (Fsp3) is 0.333. The molecule has 2 N–H and O–H groups in total. The van der Waals surface area contributed by atoms with Crippen molar-refractivity contribution in [1.29, 1.82) is 0 Å². The molecule has 0 saturated carbocycles. The molecule has 0 aliphatic rings. The first-order valence-corrected chi connectivity index (χ1v) is 4.87. The summed E-state index contributed by atoms with van der Waals surface area (Å²) in [5.74, 6) is 2.57. The zero-order chi connectivity index (χ0) is 8.97. The Morgan fingerprint density at radius 1 is 1.67 bits per heavy atom. The number of nitrogens with two attached hydrogens (primary N) is 1. The highest BCUT2D eigenvalue weighted by Crippen LogP contribution is 2.27. The first kappa shape index (κ1) is 9.60. The van der Waals surface area contributed by atoms with Gasteiger partial charge in [-0.3, -0.25) is 0 Å². The van der Waals surface area contributed by atoms with Crippen LogP contribution in [0.5, 0.6) is 0 Å². The summed E-state index contributed by atoms with van der Waals surface area (Å²) in [6, 6.07) is 3.85. The maximum absolute atomic E-state index is 5.85. The standard InChI is InChI=1S/C9H10ClNS/c1-2-3-4-7(11)8-5-6-9(10)12-8/h1,5-7H,3-4,11H2. The van der Waals surface area contributed by atoms with Gasteiger partial charge in [-0.2, -0.15) is 0 Å². The second-order valence-corrected chi connectivity index (χ2v) is 4.24. The average molecular weight is 200 g/mol. The van der Waals surface area contributed by atoms with Gasteiger partial charge in [-0.25, -0.2) is 0 Å². The predicted molar refractivity (Wildman–Crippen MR) is 54.3 cm³/mol. The van der Waals surface area contributed by atoms with Gasteiger partial charge in [0, 0.05) is 17.3 Å². The van der Waals surface area contributed by atoms with E-state index in [-0.39, 0.29) is 6.04 Å². The van der Waals surface area contributed by atoms with E-state index in [0.29, 0.717) is 0 Å².